The standard InChI is InChI=1S/C20H29NO4/c1-19(2,3)21(18(22)23)14-20(11-9-17-24-12-13-25-17)10-8-15-6-4-5-7-16(15)20/h4-7,17H,8-14H2,1-3H3,(H,22,23). The number of hydrogen-bond donors (Lipinski definition) is 1. The number of hydrogen-bond acceptors (Lipinski definition) is 3. The molecular weight excluding hydrogens is 318 g/mol. The molecule has 0 saturated carbocycles. The maximum absolute atomic E-state index is 11.9. The predicted molar refractivity (Wildman–Crippen MR) is 95.9 cm³/mol. The second-order valence-electron chi connectivity index (χ2n) is 8.19. The number of fused-ring (bicyclic) bond motifs is 1. The van der Waals surface area contributed by atoms with E-state index in [1.54, 1.807) is 4.90 Å². The SMILES string of the molecule is CC(C)(C)N(CC1(CCC2OCCO2)CCc2ccccc21)C(=O)O. The van der Waals surface area contributed by atoms with Crippen molar-refractivity contribution in [3.63, 3.8) is 0 Å². The molecule has 25 heavy (non-hydrogen) atoms. The summed E-state index contributed by atoms with van der Waals surface area (Å²) >= 11 is 0. The van der Waals surface area contributed by atoms with E-state index >= 15 is 0 Å². The van der Waals surface area contributed by atoms with E-state index in [2.05, 4.69) is 24.3 Å². The van der Waals surface area contributed by atoms with Crippen LogP contribution in [0.25, 0.3) is 0 Å². The first kappa shape index (κ1) is 18.2. The van der Waals surface area contributed by atoms with Crippen molar-refractivity contribution in [3.8, 4) is 0 Å². The Bertz CT molecular complexity index is 618. The Morgan fingerprint density at radius 2 is 1.96 bits per heavy atom. The topological polar surface area (TPSA) is 59.0 Å². The van der Waals surface area contributed by atoms with E-state index in [0.717, 1.165) is 25.7 Å². The zero-order valence-electron chi connectivity index (χ0n) is 15.5. The van der Waals surface area contributed by atoms with Crippen molar-refractivity contribution in [2.75, 3.05) is 19.8 Å². The molecule has 1 aliphatic heterocycles. The van der Waals surface area contributed by atoms with Crippen LogP contribution in [0.1, 0.15) is 51.2 Å². The number of amides is 1. The number of ether oxygens (including phenoxy) is 2. The van der Waals surface area contributed by atoms with Gasteiger partial charge in [-0.2, -0.15) is 0 Å². The second kappa shape index (κ2) is 6.96. The van der Waals surface area contributed by atoms with Gasteiger partial charge in [0.25, 0.3) is 0 Å². The quantitative estimate of drug-likeness (QED) is 0.880. The molecule has 1 heterocycles. The van der Waals surface area contributed by atoms with Crippen LogP contribution in [0.2, 0.25) is 0 Å². The molecule has 5 heteroatoms. The summed E-state index contributed by atoms with van der Waals surface area (Å²) in [6.07, 6.45) is 2.63. The van der Waals surface area contributed by atoms with Crippen molar-refractivity contribution in [2.45, 2.75) is 63.7 Å². The molecule has 1 amide bonds. The summed E-state index contributed by atoms with van der Waals surface area (Å²) in [6, 6.07) is 8.46. The molecule has 1 saturated heterocycles. The molecular formula is C20H29NO4. The fourth-order valence-electron chi connectivity index (χ4n) is 4.13. The fourth-order valence-corrected chi connectivity index (χ4v) is 4.13. The van der Waals surface area contributed by atoms with Gasteiger partial charge in [0.15, 0.2) is 6.29 Å². The number of nitrogens with zero attached hydrogens (tertiary/aromatic N) is 1. The van der Waals surface area contributed by atoms with Gasteiger partial charge in [0, 0.05) is 17.5 Å². The van der Waals surface area contributed by atoms with Crippen LogP contribution < -0.4 is 0 Å². The average molecular weight is 347 g/mol. The van der Waals surface area contributed by atoms with E-state index in [1.165, 1.54) is 11.1 Å². The van der Waals surface area contributed by atoms with Crippen LogP contribution in [0.5, 0.6) is 0 Å². The van der Waals surface area contributed by atoms with Crippen LogP contribution in [0.15, 0.2) is 24.3 Å². The maximum Gasteiger partial charge on any atom is 0.407 e. The molecule has 0 aromatic heterocycles. The first-order valence-electron chi connectivity index (χ1n) is 9.14. The molecule has 3 rings (SSSR count). The number of carboxylic acid groups (broad SMARTS) is 1. The zero-order chi connectivity index (χ0) is 18.1. The third-order valence-electron chi connectivity index (χ3n) is 5.51. The molecule has 0 bridgehead atoms. The number of rotatable bonds is 5. The van der Waals surface area contributed by atoms with Gasteiger partial charge in [-0.25, -0.2) is 4.79 Å². The van der Waals surface area contributed by atoms with E-state index in [4.69, 9.17) is 9.47 Å². The molecule has 0 radical (unpaired) electrons. The van der Waals surface area contributed by atoms with Crippen molar-refractivity contribution >= 4 is 6.09 Å². The number of aryl methyl sites for hydroxylation is 1. The summed E-state index contributed by atoms with van der Waals surface area (Å²) in [4.78, 5) is 13.5. The molecule has 5 nitrogen and oxygen atoms in total. The molecule has 138 valence electrons. The monoisotopic (exact) mass is 347 g/mol. The molecule has 2 aliphatic rings. The van der Waals surface area contributed by atoms with E-state index in [0.29, 0.717) is 19.8 Å². The summed E-state index contributed by atoms with van der Waals surface area (Å²) in [6.45, 7) is 7.68. The first-order chi connectivity index (χ1) is 11.8. The van der Waals surface area contributed by atoms with E-state index in [-0.39, 0.29) is 11.7 Å². The molecule has 1 fully saturated rings. The van der Waals surface area contributed by atoms with Gasteiger partial charge < -0.3 is 19.5 Å². The van der Waals surface area contributed by atoms with Gasteiger partial charge >= 0.3 is 6.09 Å². The van der Waals surface area contributed by atoms with Crippen molar-refractivity contribution in [1.82, 2.24) is 4.90 Å². The lowest BCUT2D eigenvalue weighted by atomic mass is 9.76. The fraction of sp³-hybridized carbons (Fsp3) is 0.650. The minimum absolute atomic E-state index is 0.155. The Labute approximate surface area is 149 Å². The Balaban J connectivity index is 1.88. The molecule has 1 aromatic rings. The van der Waals surface area contributed by atoms with Crippen LogP contribution in [0, 0.1) is 0 Å². The second-order valence-corrected chi connectivity index (χ2v) is 8.19. The van der Waals surface area contributed by atoms with Crippen LogP contribution in [0.4, 0.5) is 4.79 Å². The Hall–Kier alpha value is -1.59. The smallest absolute Gasteiger partial charge is 0.407 e. The summed E-state index contributed by atoms with van der Waals surface area (Å²) in [5.41, 5.74) is 2.03. The molecule has 1 aliphatic carbocycles. The van der Waals surface area contributed by atoms with Crippen LogP contribution >= 0.6 is 0 Å². The number of carbonyl (C=O) groups is 1. The highest BCUT2D eigenvalue weighted by atomic mass is 16.7. The van der Waals surface area contributed by atoms with Crippen molar-refractivity contribution in [3.05, 3.63) is 35.4 Å². The Kier molecular flexibility index (Phi) is 5.07. The van der Waals surface area contributed by atoms with E-state index in [1.807, 2.05) is 20.8 Å². The Morgan fingerprint density at radius 1 is 1.28 bits per heavy atom. The predicted octanol–water partition coefficient (Wildman–Crippen LogP) is 3.80. The van der Waals surface area contributed by atoms with Crippen molar-refractivity contribution < 1.29 is 19.4 Å². The highest BCUT2D eigenvalue weighted by Gasteiger charge is 2.43. The summed E-state index contributed by atoms with van der Waals surface area (Å²) in [5.74, 6) is 0. The van der Waals surface area contributed by atoms with Crippen molar-refractivity contribution in [1.29, 1.82) is 0 Å². The highest BCUT2D eigenvalue weighted by molar-refractivity contribution is 5.66. The molecule has 1 atom stereocenters. The maximum atomic E-state index is 11.9. The van der Waals surface area contributed by atoms with Gasteiger partial charge in [0.2, 0.25) is 0 Å². The third-order valence-corrected chi connectivity index (χ3v) is 5.51. The van der Waals surface area contributed by atoms with Gasteiger partial charge in [0.05, 0.1) is 13.2 Å². The van der Waals surface area contributed by atoms with Gasteiger partial charge in [-0.3, -0.25) is 0 Å². The van der Waals surface area contributed by atoms with Gasteiger partial charge in [-0.1, -0.05) is 24.3 Å². The molecule has 1 aromatic carbocycles. The minimum atomic E-state index is -0.857. The summed E-state index contributed by atoms with van der Waals surface area (Å²) in [7, 11) is 0. The lowest BCUT2D eigenvalue weighted by Gasteiger charge is -2.41. The summed E-state index contributed by atoms with van der Waals surface area (Å²) in [5, 5.41) is 9.79. The highest BCUT2D eigenvalue weighted by Crippen LogP contribution is 2.44. The van der Waals surface area contributed by atoms with Gasteiger partial charge in [0.1, 0.15) is 0 Å². The molecule has 0 spiro atoms. The van der Waals surface area contributed by atoms with Crippen LogP contribution in [-0.2, 0) is 21.3 Å². The average Bonchev–Trinajstić information content (AvgIpc) is 3.18. The van der Waals surface area contributed by atoms with E-state index < -0.39 is 11.6 Å². The van der Waals surface area contributed by atoms with Gasteiger partial charge in [-0.05, 0) is 57.6 Å². The normalized spacial score (nSPS) is 23.6. The van der Waals surface area contributed by atoms with Crippen molar-refractivity contribution in [2.24, 2.45) is 0 Å². The lowest BCUT2D eigenvalue weighted by Crippen LogP contribution is -2.51. The largest absolute Gasteiger partial charge is 0.465 e. The third kappa shape index (κ3) is 3.82. The molecule has 1 N–H and O–H groups in total. The zero-order valence-corrected chi connectivity index (χ0v) is 15.5. The lowest BCUT2D eigenvalue weighted by molar-refractivity contribution is -0.0526. The van der Waals surface area contributed by atoms with Crippen LogP contribution in [0.3, 0.4) is 0 Å². The Morgan fingerprint density at radius 3 is 2.60 bits per heavy atom. The number of benzene rings is 1. The molecule has 1 unspecified atom stereocenters. The first-order valence-corrected chi connectivity index (χ1v) is 9.14. The van der Waals surface area contributed by atoms with E-state index in [9.17, 15) is 9.90 Å². The van der Waals surface area contributed by atoms with Gasteiger partial charge in [-0.15, -0.1) is 0 Å². The summed E-state index contributed by atoms with van der Waals surface area (Å²) < 4.78 is 11.2. The van der Waals surface area contributed by atoms with Crippen LogP contribution in [-0.4, -0.2) is 47.7 Å². The minimum Gasteiger partial charge on any atom is -0.465 e.